The van der Waals surface area contributed by atoms with E-state index in [9.17, 15) is 9.59 Å². The van der Waals surface area contributed by atoms with Gasteiger partial charge in [-0.3, -0.25) is 4.79 Å². The molecule has 1 unspecified atom stereocenters. The molecule has 1 atom stereocenters. The first-order chi connectivity index (χ1) is 9.83. The van der Waals surface area contributed by atoms with Gasteiger partial charge in [-0.15, -0.1) is 0 Å². The molecule has 5 nitrogen and oxygen atoms in total. The maximum atomic E-state index is 12.7. The van der Waals surface area contributed by atoms with Crippen LogP contribution in [0.15, 0.2) is 18.2 Å². The molecule has 0 aromatic heterocycles. The van der Waals surface area contributed by atoms with Gasteiger partial charge in [-0.2, -0.15) is 0 Å². The second kappa shape index (κ2) is 5.39. The van der Waals surface area contributed by atoms with Gasteiger partial charge in [0.2, 0.25) is 5.91 Å². The Morgan fingerprint density at radius 1 is 1.38 bits per heavy atom. The molecule has 0 saturated heterocycles. The minimum Gasteiger partial charge on any atom is -0.496 e. The monoisotopic (exact) mass is 291 g/mol. The van der Waals surface area contributed by atoms with Gasteiger partial charge in [-0.05, 0) is 43.9 Å². The van der Waals surface area contributed by atoms with Crippen LogP contribution in [0.4, 0.5) is 0 Å². The fraction of sp³-hybridized carbons (Fsp3) is 0.500. The van der Waals surface area contributed by atoms with Crippen molar-refractivity contribution in [1.82, 2.24) is 4.90 Å². The van der Waals surface area contributed by atoms with Crippen molar-refractivity contribution in [3.63, 3.8) is 0 Å². The number of aryl methyl sites for hydroxylation is 1. The number of ether oxygens (including phenoxy) is 1. The molecule has 0 bridgehead atoms. The number of methoxy groups -OCH3 is 1. The lowest BCUT2D eigenvalue weighted by Gasteiger charge is -2.27. The Balaban J connectivity index is 2.30. The van der Waals surface area contributed by atoms with Crippen LogP contribution in [0.3, 0.4) is 0 Å². The van der Waals surface area contributed by atoms with Crippen molar-refractivity contribution in [2.75, 3.05) is 14.2 Å². The SMILES string of the molecule is COc1cc(C2(C(=O)N(C)C(C)C(=O)O)CC2)ccc1C. The number of carbonyl (C=O) groups is 2. The van der Waals surface area contributed by atoms with Gasteiger partial charge in [-0.1, -0.05) is 12.1 Å². The number of hydrogen-bond acceptors (Lipinski definition) is 3. The van der Waals surface area contributed by atoms with Crippen molar-refractivity contribution in [3.8, 4) is 5.75 Å². The Hall–Kier alpha value is -2.04. The van der Waals surface area contributed by atoms with Crippen LogP contribution in [0.2, 0.25) is 0 Å². The van der Waals surface area contributed by atoms with Crippen molar-refractivity contribution in [1.29, 1.82) is 0 Å². The van der Waals surface area contributed by atoms with Crippen LogP contribution >= 0.6 is 0 Å². The van der Waals surface area contributed by atoms with Crippen LogP contribution in [-0.2, 0) is 15.0 Å². The molecule has 0 aliphatic heterocycles. The fourth-order valence-electron chi connectivity index (χ4n) is 2.55. The predicted octanol–water partition coefficient (Wildman–Crippen LogP) is 1.97. The standard InChI is InChI=1S/C16H21NO4/c1-10-5-6-12(9-13(10)21-4)16(7-8-16)15(20)17(3)11(2)14(18)19/h5-6,9,11H,7-8H2,1-4H3,(H,18,19). The molecule has 114 valence electrons. The minimum absolute atomic E-state index is 0.136. The van der Waals surface area contributed by atoms with E-state index in [-0.39, 0.29) is 5.91 Å². The molecule has 0 heterocycles. The molecule has 21 heavy (non-hydrogen) atoms. The molecule has 1 aliphatic carbocycles. The summed E-state index contributed by atoms with van der Waals surface area (Å²) in [6, 6.07) is 4.92. The van der Waals surface area contributed by atoms with Crippen molar-refractivity contribution >= 4 is 11.9 Å². The van der Waals surface area contributed by atoms with Crippen LogP contribution in [0.25, 0.3) is 0 Å². The van der Waals surface area contributed by atoms with Gasteiger partial charge in [-0.25, -0.2) is 4.79 Å². The molecular weight excluding hydrogens is 270 g/mol. The van der Waals surface area contributed by atoms with E-state index in [1.807, 2.05) is 25.1 Å². The number of likely N-dealkylation sites (N-methyl/N-ethyl adjacent to an activating group) is 1. The highest BCUT2D eigenvalue weighted by molar-refractivity contribution is 5.93. The topological polar surface area (TPSA) is 66.8 Å². The van der Waals surface area contributed by atoms with E-state index in [1.54, 1.807) is 14.2 Å². The maximum absolute atomic E-state index is 12.7. The third-order valence-electron chi connectivity index (χ3n) is 4.38. The van der Waals surface area contributed by atoms with Gasteiger partial charge in [0.15, 0.2) is 0 Å². The smallest absolute Gasteiger partial charge is 0.326 e. The van der Waals surface area contributed by atoms with E-state index in [4.69, 9.17) is 9.84 Å². The Morgan fingerprint density at radius 3 is 2.48 bits per heavy atom. The van der Waals surface area contributed by atoms with Gasteiger partial charge in [0.05, 0.1) is 12.5 Å². The molecule has 1 fully saturated rings. The predicted molar refractivity (Wildman–Crippen MR) is 78.5 cm³/mol. The van der Waals surface area contributed by atoms with Crippen LogP contribution in [0, 0.1) is 6.92 Å². The van der Waals surface area contributed by atoms with E-state index in [2.05, 4.69) is 0 Å². The van der Waals surface area contributed by atoms with Crippen LogP contribution in [-0.4, -0.2) is 42.1 Å². The summed E-state index contributed by atoms with van der Waals surface area (Å²) in [6.45, 7) is 3.47. The summed E-state index contributed by atoms with van der Waals surface area (Å²) in [6.07, 6.45) is 1.49. The Bertz CT molecular complexity index is 578. The van der Waals surface area contributed by atoms with E-state index >= 15 is 0 Å². The summed E-state index contributed by atoms with van der Waals surface area (Å²) in [5.74, 6) is -0.382. The molecule has 1 N–H and O–H groups in total. The molecule has 2 rings (SSSR count). The zero-order valence-electron chi connectivity index (χ0n) is 12.8. The molecule has 1 aromatic carbocycles. The second-order valence-electron chi connectivity index (χ2n) is 5.70. The number of carboxylic acids is 1. The van der Waals surface area contributed by atoms with Crippen LogP contribution < -0.4 is 4.74 Å². The Kier molecular flexibility index (Phi) is 3.94. The third-order valence-corrected chi connectivity index (χ3v) is 4.38. The Morgan fingerprint density at radius 2 is 2.00 bits per heavy atom. The molecule has 1 amide bonds. The normalized spacial score (nSPS) is 17.0. The third kappa shape index (κ3) is 2.60. The van der Waals surface area contributed by atoms with Gasteiger partial charge in [0.25, 0.3) is 0 Å². The second-order valence-corrected chi connectivity index (χ2v) is 5.70. The van der Waals surface area contributed by atoms with Crippen LogP contribution in [0.1, 0.15) is 30.9 Å². The lowest BCUT2D eigenvalue weighted by atomic mass is 9.92. The highest BCUT2D eigenvalue weighted by atomic mass is 16.5. The number of carboxylic acid groups (broad SMARTS) is 1. The van der Waals surface area contributed by atoms with Crippen molar-refractivity contribution < 1.29 is 19.4 Å². The lowest BCUT2D eigenvalue weighted by molar-refractivity contribution is -0.149. The van der Waals surface area contributed by atoms with Crippen molar-refractivity contribution in [3.05, 3.63) is 29.3 Å². The number of carbonyl (C=O) groups excluding carboxylic acids is 1. The van der Waals surface area contributed by atoms with E-state index in [0.29, 0.717) is 0 Å². The highest BCUT2D eigenvalue weighted by Gasteiger charge is 2.53. The highest BCUT2D eigenvalue weighted by Crippen LogP contribution is 2.50. The largest absolute Gasteiger partial charge is 0.496 e. The first kappa shape index (κ1) is 15.4. The maximum Gasteiger partial charge on any atom is 0.326 e. The molecule has 0 radical (unpaired) electrons. The first-order valence-corrected chi connectivity index (χ1v) is 6.98. The van der Waals surface area contributed by atoms with Crippen LogP contribution in [0.5, 0.6) is 5.75 Å². The van der Waals surface area contributed by atoms with Crippen molar-refractivity contribution in [2.24, 2.45) is 0 Å². The number of hydrogen-bond donors (Lipinski definition) is 1. The zero-order valence-corrected chi connectivity index (χ0v) is 12.8. The molecule has 0 spiro atoms. The number of amides is 1. The van der Waals surface area contributed by atoms with Gasteiger partial charge < -0.3 is 14.7 Å². The summed E-state index contributed by atoms with van der Waals surface area (Å²) in [5, 5.41) is 9.06. The zero-order chi connectivity index (χ0) is 15.8. The number of rotatable bonds is 5. The molecule has 1 aliphatic rings. The van der Waals surface area contributed by atoms with E-state index in [0.717, 1.165) is 29.7 Å². The average molecular weight is 291 g/mol. The van der Waals surface area contributed by atoms with E-state index < -0.39 is 17.4 Å². The van der Waals surface area contributed by atoms with E-state index in [1.165, 1.54) is 11.8 Å². The Labute approximate surface area is 124 Å². The molecule has 5 heteroatoms. The van der Waals surface area contributed by atoms with Gasteiger partial charge >= 0.3 is 5.97 Å². The average Bonchev–Trinajstić information content (AvgIpc) is 3.26. The lowest BCUT2D eigenvalue weighted by Crippen LogP contribution is -2.45. The summed E-state index contributed by atoms with van der Waals surface area (Å²) >= 11 is 0. The summed E-state index contributed by atoms with van der Waals surface area (Å²) in [5.41, 5.74) is 1.33. The minimum atomic E-state index is -0.997. The van der Waals surface area contributed by atoms with Crippen molar-refractivity contribution in [2.45, 2.75) is 38.1 Å². The molecule has 1 aromatic rings. The first-order valence-electron chi connectivity index (χ1n) is 6.98. The summed E-state index contributed by atoms with van der Waals surface area (Å²) in [7, 11) is 3.15. The quantitative estimate of drug-likeness (QED) is 0.900. The summed E-state index contributed by atoms with van der Waals surface area (Å²) < 4.78 is 5.32. The molecule has 1 saturated carbocycles. The number of nitrogens with zero attached hydrogens (tertiary/aromatic N) is 1. The van der Waals surface area contributed by atoms with Gasteiger partial charge in [0.1, 0.15) is 11.8 Å². The molecular formula is C16H21NO4. The number of aliphatic carboxylic acids is 1. The summed E-state index contributed by atoms with van der Waals surface area (Å²) in [4.78, 5) is 25.1. The van der Waals surface area contributed by atoms with Gasteiger partial charge in [0, 0.05) is 7.05 Å². The number of benzene rings is 1. The fourth-order valence-corrected chi connectivity index (χ4v) is 2.55.